The van der Waals surface area contributed by atoms with E-state index in [9.17, 15) is 0 Å². The van der Waals surface area contributed by atoms with Crippen molar-refractivity contribution in [2.45, 2.75) is 38.5 Å². The van der Waals surface area contributed by atoms with E-state index in [-0.39, 0.29) is 0 Å². The molecule has 21 heavy (non-hydrogen) atoms. The molecule has 3 rings (SSSR count). The summed E-state index contributed by atoms with van der Waals surface area (Å²) in [6.45, 7) is 0. The number of rotatable bonds is 4. The fourth-order valence-corrected chi connectivity index (χ4v) is 3.19. The molecule has 2 aromatic carbocycles. The average Bonchev–Trinajstić information content (AvgIpc) is 2.57. The van der Waals surface area contributed by atoms with Crippen LogP contribution in [0.25, 0.3) is 11.1 Å². The third-order valence-electron chi connectivity index (χ3n) is 4.47. The highest BCUT2D eigenvalue weighted by molar-refractivity contribution is 5.63. The van der Waals surface area contributed by atoms with Crippen LogP contribution in [0.2, 0.25) is 0 Å². The predicted octanol–water partition coefficient (Wildman–Crippen LogP) is 6.03. The van der Waals surface area contributed by atoms with Crippen LogP contribution in [0.3, 0.4) is 0 Å². The van der Waals surface area contributed by atoms with Crippen molar-refractivity contribution in [3.05, 3.63) is 72.3 Å². The summed E-state index contributed by atoms with van der Waals surface area (Å²) in [5, 5.41) is 0. The van der Waals surface area contributed by atoms with Crippen molar-refractivity contribution < 1.29 is 0 Å². The Kier molecular flexibility index (Phi) is 4.89. The van der Waals surface area contributed by atoms with Crippen molar-refractivity contribution in [3.8, 4) is 11.1 Å². The fourth-order valence-electron chi connectivity index (χ4n) is 3.19. The van der Waals surface area contributed by atoms with Gasteiger partial charge < -0.3 is 0 Å². The molecule has 108 valence electrons. The Morgan fingerprint density at radius 2 is 1.43 bits per heavy atom. The highest BCUT2D eigenvalue weighted by atomic mass is 14.1. The van der Waals surface area contributed by atoms with Gasteiger partial charge in [-0.25, -0.2) is 0 Å². The molecule has 0 heteroatoms. The summed E-state index contributed by atoms with van der Waals surface area (Å²) in [5.74, 6) is 0.836. The van der Waals surface area contributed by atoms with Gasteiger partial charge in [0.05, 0.1) is 0 Å². The zero-order chi connectivity index (χ0) is 14.3. The maximum atomic E-state index is 2.45. The highest BCUT2D eigenvalue weighted by Crippen LogP contribution is 2.25. The van der Waals surface area contributed by atoms with Gasteiger partial charge in [0.2, 0.25) is 0 Å². The molecule has 0 radical (unpaired) electrons. The van der Waals surface area contributed by atoms with E-state index in [1.165, 1.54) is 48.8 Å². The first-order valence-electron chi connectivity index (χ1n) is 8.23. The minimum atomic E-state index is 0.836. The maximum Gasteiger partial charge on any atom is -0.00973 e. The lowest BCUT2D eigenvalue weighted by Crippen LogP contribution is -2.02. The first-order chi connectivity index (χ1) is 10.4. The van der Waals surface area contributed by atoms with E-state index in [0.717, 1.165) is 12.3 Å². The second-order valence-electron chi connectivity index (χ2n) is 6.09. The minimum absolute atomic E-state index is 0.836. The Labute approximate surface area is 128 Å². The van der Waals surface area contributed by atoms with Crippen molar-refractivity contribution in [3.63, 3.8) is 0 Å². The fraction of sp³-hybridized carbons (Fsp3) is 0.333. The Balaban J connectivity index is 1.58. The normalized spacial score (nSPS) is 16.4. The monoisotopic (exact) mass is 276 g/mol. The molecule has 1 aliphatic rings. The molecule has 0 spiro atoms. The Bertz CT molecular complexity index is 557. The van der Waals surface area contributed by atoms with Gasteiger partial charge in [-0.05, 0) is 41.9 Å². The summed E-state index contributed by atoms with van der Waals surface area (Å²) < 4.78 is 0. The summed E-state index contributed by atoms with van der Waals surface area (Å²) in [6.07, 6.45) is 12.9. The predicted molar refractivity (Wildman–Crippen MR) is 91.3 cm³/mol. The van der Waals surface area contributed by atoms with E-state index in [1.807, 2.05) is 0 Å². The Hall–Kier alpha value is -1.82. The number of allylic oxidation sites excluding steroid dienone is 2. The van der Waals surface area contributed by atoms with Crippen molar-refractivity contribution >= 4 is 0 Å². The SMILES string of the molecule is C(=CC1CCCCC1)Cc1ccc(-c2ccccc2)cc1. The molecule has 1 saturated carbocycles. The molecule has 0 amide bonds. The van der Waals surface area contributed by atoms with E-state index in [2.05, 4.69) is 66.7 Å². The molecule has 1 aliphatic carbocycles. The standard InChI is InChI=1S/C21H24/c1-3-8-18(9-4-1)10-7-11-19-14-16-21(17-15-19)20-12-5-2-6-13-20/h2,5-7,10,12-18H,1,3-4,8-9,11H2. The van der Waals surface area contributed by atoms with Crippen LogP contribution in [-0.4, -0.2) is 0 Å². The molecule has 1 fully saturated rings. The van der Waals surface area contributed by atoms with Gasteiger partial charge in [0.15, 0.2) is 0 Å². The molecule has 0 saturated heterocycles. The molecule has 0 aromatic heterocycles. The van der Waals surface area contributed by atoms with Crippen LogP contribution in [-0.2, 0) is 6.42 Å². The first-order valence-corrected chi connectivity index (χ1v) is 8.23. The van der Waals surface area contributed by atoms with E-state index in [0.29, 0.717) is 0 Å². The second-order valence-corrected chi connectivity index (χ2v) is 6.09. The molecule has 0 heterocycles. The van der Waals surface area contributed by atoms with E-state index in [4.69, 9.17) is 0 Å². The molecular weight excluding hydrogens is 252 g/mol. The summed E-state index contributed by atoms with van der Waals surface area (Å²) >= 11 is 0. The number of hydrogen-bond acceptors (Lipinski definition) is 0. The van der Waals surface area contributed by atoms with Crippen molar-refractivity contribution in [1.29, 1.82) is 0 Å². The van der Waals surface area contributed by atoms with Crippen LogP contribution in [0.5, 0.6) is 0 Å². The van der Waals surface area contributed by atoms with Crippen LogP contribution in [0.15, 0.2) is 66.7 Å². The molecule has 2 aromatic rings. The zero-order valence-electron chi connectivity index (χ0n) is 12.7. The summed E-state index contributed by atoms with van der Waals surface area (Å²) in [7, 11) is 0. The van der Waals surface area contributed by atoms with Crippen LogP contribution in [0.4, 0.5) is 0 Å². The second kappa shape index (κ2) is 7.26. The maximum absolute atomic E-state index is 2.45. The number of benzene rings is 2. The lowest BCUT2D eigenvalue weighted by atomic mass is 9.89. The van der Waals surface area contributed by atoms with Gasteiger partial charge in [0, 0.05) is 0 Å². The molecule has 0 unspecified atom stereocenters. The van der Waals surface area contributed by atoms with Gasteiger partial charge in [-0.2, -0.15) is 0 Å². The Morgan fingerprint density at radius 3 is 2.14 bits per heavy atom. The van der Waals surface area contributed by atoms with Crippen LogP contribution in [0, 0.1) is 5.92 Å². The number of hydrogen-bond donors (Lipinski definition) is 0. The van der Waals surface area contributed by atoms with Crippen molar-refractivity contribution in [2.75, 3.05) is 0 Å². The zero-order valence-corrected chi connectivity index (χ0v) is 12.7. The molecule has 0 aliphatic heterocycles. The third-order valence-corrected chi connectivity index (χ3v) is 4.47. The van der Waals surface area contributed by atoms with Gasteiger partial charge in [0.1, 0.15) is 0 Å². The van der Waals surface area contributed by atoms with E-state index in [1.54, 1.807) is 0 Å². The van der Waals surface area contributed by atoms with Crippen LogP contribution in [0.1, 0.15) is 37.7 Å². The van der Waals surface area contributed by atoms with Crippen molar-refractivity contribution in [2.24, 2.45) is 5.92 Å². The van der Waals surface area contributed by atoms with Crippen molar-refractivity contribution in [1.82, 2.24) is 0 Å². The van der Waals surface area contributed by atoms with Crippen LogP contribution < -0.4 is 0 Å². The van der Waals surface area contributed by atoms with Gasteiger partial charge in [-0.15, -0.1) is 0 Å². The summed E-state index contributed by atoms with van der Waals surface area (Å²) in [4.78, 5) is 0. The van der Waals surface area contributed by atoms with Gasteiger partial charge in [-0.3, -0.25) is 0 Å². The van der Waals surface area contributed by atoms with Crippen LogP contribution >= 0.6 is 0 Å². The van der Waals surface area contributed by atoms with Gasteiger partial charge >= 0.3 is 0 Å². The van der Waals surface area contributed by atoms with E-state index < -0.39 is 0 Å². The quantitative estimate of drug-likeness (QED) is 0.598. The lowest BCUT2D eigenvalue weighted by molar-refractivity contribution is 0.419. The van der Waals surface area contributed by atoms with E-state index >= 15 is 0 Å². The summed E-state index contributed by atoms with van der Waals surface area (Å²) in [5.41, 5.74) is 4.00. The minimum Gasteiger partial charge on any atom is -0.0851 e. The lowest BCUT2D eigenvalue weighted by Gasteiger charge is -2.17. The smallest absolute Gasteiger partial charge is 0.00973 e. The molecule has 0 atom stereocenters. The molecule has 0 bridgehead atoms. The summed E-state index contributed by atoms with van der Waals surface area (Å²) in [6, 6.07) is 19.6. The Morgan fingerprint density at radius 1 is 0.762 bits per heavy atom. The van der Waals surface area contributed by atoms with Gasteiger partial charge in [-0.1, -0.05) is 86.0 Å². The molecule has 0 N–H and O–H groups in total. The molecule has 0 nitrogen and oxygen atoms in total. The first kappa shape index (κ1) is 14.1. The highest BCUT2D eigenvalue weighted by Gasteiger charge is 2.09. The largest absolute Gasteiger partial charge is 0.0851 e. The topological polar surface area (TPSA) is 0 Å². The molecular formula is C21H24. The third kappa shape index (κ3) is 4.07. The average molecular weight is 276 g/mol. The van der Waals surface area contributed by atoms with Gasteiger partial charge in [0.25, 0.3) is 0 Å².